The van der Waals surface area contributed by atoms with Gasteiger partial charge in [0.15, 0.2) is 0 Å². The van der Waals surface area contributed by atoms with E-state index < -0.39 is 0 Å². The Bertz CT molecular complexity index is 602. The number of aliphatic hydroxyl groups excluding tert-OH is 1. The lowest BCUT2D eigenvalue weighted by molar-refractivity contribution is 0.0791. The van der Waals surface area contributed by atoms with Crippen LogP contribution < -0.4 is 5.32 Å². The second-order valence-corrected chi connectivity index (χ2v) is 5.07. The molecule has 0 unspecified atom stereocenters. The van der Waals surface area contributed by atoms with Crippen molar-refractivity contribution < 1.29 is 9.90 Å². The largest absolute Gasteiger partial charge is 0.396 e. The maximum Gasteiger partial charge on any atom is 0.257 e. The minimum Gasteiger partial charge on any atom is -0.396 e. The molecule has 0 atom stereocenters. The molecule has 1 aromatic carbocycles. The number of carbonyl (C=O) groups is 1. The molecule has 0 radical (unpaired) electrons. The maximum atomic E-state index is 12.5. The summed E-state index contributed by atoms with van der Waals surface area (Å²) in [5.41, 5.74) is 2.20. The van der Waals surface area contributed by atoms with E-state index in [4.69, 9.17) is 5.11 Å². The minimum absolute atomic E-state index is 0.0792. The maximum absolute atomic E-state index is 12.5. The fraction of sp³-hybridized carbons (Fsp3) is 0.294. The lowest BCUT2D eigenvalue weighted by atomic mass is 10.2. The number of para-hydroxylation sites is 1. The summed E-state index contributed by atoms with van der Waals surface area (Å²) in [7, 11) is 1.76. The van der Waals surface area contributed by atoms with Gasteiger partial charge >= 0.3 is 0 Å². The fourth-order valence-corrected chi connectivity index (χ4v) is 2.12. The molecule has 22 heavy (non-hydrogen) atoms. The van der Waals surface area contributed by atoms with Crippen molar-refractivity contribution >= 4 is 17.3 Å². The van der Waals surface area contributed by atoms with Crippen LogP contribution in [0.5, 0.6) is 0 Å². The summed E-state index contributed by atoms with van der Waals surface area (Å²) in [6.07, 6.45) is 4.71. The summed E-state index contributed by atoms with van der Waals surface area (Å²) in [6, 6.07) is 11.5. The first-order valence-electron chi connectivity index (χ1n) is 7.35. The molecule has 0 spiro atoms. The normalized spacial score (nSPS) is 10.3. The third-order valence-corrected chi connectivity index (χ3v) is 3.35. The molecule has 0 aliphatic heterocycles. The van der Waals surface area contributed by atoms with Gasteiger partial charge in [0.2, 0.25) is 0 Å². The second-order valence-electron chi connectivity index (χ2n) is 5.07. The van der Waals surface area contributed by atoms with Crippen LogP contribution in [-0.4, -0.2) is 41.1 Å². The molecule has 2 rings (SSSR count). The van der Waals surface area contributed by atoms with Crippen molar-refractivity contribution in [3.05, 3.63) is 54.4 Å². The molecular formula is C17H21N3O2. The van der Waals surface area contributed by atoms with Gasteiger partial charge in [0.25, 0.3) is 5.91 Å². The molecule has 0 aliphatic rings. The topological polar surface area (TPSA) is 65.5 Å². The zero-order valence-corrected chi connectivity index (χ0v) is 12.7. The van der Waals surface area contributed by atoms with Gasteiger partial charge in [-0.2, -0.15) is 0 Å². The molecule has 116 valence electrons. The average molecular weight is 299 g/mol. The molecule has 1 heterocycles. The highest BCUT2D eigenvalue weighted by Crippen LogP contribution is 2.21. The van der Waals surface area contributed by atoms with Crippen LogP contribution in [0.4, 0.5) is 11.4 Å². The predicted molar refractivity (Wildman–Crippen MR) is 87.2 cm³/mol. The van der Waals surface area contributed by atoms with Gasteiger partial charge in [0.1, 0.15) is 0 Å². The average Bonchev–Trinajstić information content (AvgIpc) is 2.56. The van der Waals surface area contributed by atoms with E-state index in [0.29, 0.717) is 18.5 Å². The number of nitrogens with zero attached hydrogens (tertiary/aromatic N) is 2. The number of amides is 1. The van der Waals surface area contributed by atoms with E-state index >= 15 is 0 Å². The first-order chi connectivity index (χ1) is 10.7. The monoisotopic (exact) mass is 299 g/mol. The number of hydrogen-bond acceptors (Lipinski definition) is 4. The van der Waals surface area contributed by atoms with Gasteiger partial charge in [-0.1, -0.05) is 18.2 Å². The summed E-state index contributed by atoms with van der Waals surface area (Å²) in [4.78, 5) is 18.2. The Labute approximate surface area is 130 Å². The lowest BCUT2D eigenvalue weighted by Crippen LogP contribution is -2.28. The summed E-state index contributed by atoms with van der Waals surface area (Å²) in [6.45, 7) is 0.759. The number of anilines is 2. The first kappa shape index (κ1) is 16.0. The number of nitrogens with one attached hydrogen (secondary N) is 1. The van der Waals surface area contributed by atoms with Crippen molar-refractivity contribution in [1.82, 2.24) is 9.88 Å². The Kier molecular flexibility index (Phi) is 5.91. The van der Waals surface area contributed by atoms with Crippen LogP contribution in [0.1, 0.15) is 23.2 Å². The zero-order valence-electron chi connectivity index (χ0n) is 12.7. The number of aromatic nitrogens is 1. The van der Waals surface area contributed by atoms with E-state index in [9.17, 15) is 4.79 Å². The van der Waals surface area contributed by atoms with Gasteiger partial charge in [0, 0.05) is 38.3 Å². The molecule has 0 saturated heterocycles. The fourth-order valence-electron chi connectivity index (χ4n) is 2.12. The van der Waals surface area contributed by atoms with Crippen LogP contribution in [-0.2, 0) is 0 Å². The van der Waals surface area contributed by atoms with E-state index in [1.807, 2.05) is 30.3 Å². The van der Waals surface area contributed by atoms with Gasteiger partial charge in [0.05, 0.1) is 11.3 Å². The van der Waals surface area contributed by atoms with Crippen molar-refractivity contribution in [2.45, 2.75) is 12.8 Å². The standard InChI is InChI=1S/C17H21N3O2/c1-20(11-5-6-12-21)17(22)15-13-18-10-9-16(15)19-14-7-3-2-4-8-14/h2-4,7-10,13,21H,5-6,11-12H2,1H3,(H,18,19). The SMILES string of the molecule is CN(CCCCO)C(=O)c1cnccc1Nc1ccccc1. The Morgan fingerprint density at radius 3 is 2.73 bits per heavy atom. The van der Waals surface area contributed by atoms with Crippen LogP contribution in [0, 0.1) is 0 Å². The van der Waals surface area contributed by atoms with E-state index in [1.54, 1.807) is 30.4 Å². The van der Waals surface area contributed by atoms with Crippen LogP contribution in [0.15, 0.2) is 48.8 Å². The molecule has 5 nitrogen and oxygen atoms in total. The molecule has 2 N–H and O–H groups in total. The smallest absolute Gasteiger partial charge is 0.257 e. The number of carbonyl (C=O) groups excluding carboxylic acids is 1. The Balaban J connectivity index is 2.12. The second kappa shape index (κ2) is 8.14. The number of aliphatic hydroxyl groups is 1. The minimum atomic E-state index is -0.0792. The van der Waals surface area contributed by atoms with Crippen molar-refractivity contribution in [3.8, 4) is 0 Å². The molecule has 0 fully saturated rings. The number of benzene rings is 1. The van der Waals surface area contributed by atoms with E-state index in [1.165, 1.54) is 0 Å². The Morgan fingerprint density at radius 2 is 2.00 bits per heavy atom. The molecule has 0 aliphatic carbocycles. The van der Waals surface area contributed by atoms with Gasteiger partial charge < -0.3 is 15.3 Å². The van der Waals surface area contributed by atoms with E-state index in [-0.39, 0.29) is 12.5 Å². The molecule has 1 amide bonds. The van der Waals surface area contributed by atoms with Gasteiger partial charge in [-0.25, -0.2) is 0 Å². The van der Waals surface area contributed by atoms with Gasteiger partial charge in [-0.15, -0.1) is 0 Å². The molecule has 5 heteroatoms. The van der Waals surface area contributed by atoms with E-state index in [0.717, 1.165) is 17.8 Å². The highest BCUT2D eigenvalue weighted by atomic mass is 16.3. The molecular weight excluding hydrogens is 278 g/mol. The molecule has 2 aromatic rings. The summed E-state index contributed by atoms with van der Waals surface area (Å²) < 4.78 is 0. The molecule has 0 saturated carbocycles. The predicted octanol–water partition coefficient (Wildman–Crippen LogP) is 2.67. The number of unbranched alkanes of at least 4 members (excludes halogenated alkanes) is 1. The molecule has 1 aromatic heterocycles. The van der Waals surface area contributed by atoms with Crippen LogP contribution in [0.2, 0.25) is 0 Å². The molecule has 0 bridgehead atoms. The number of rotatable bonds is 7. The summed E-state index contributed by atoms with van der Waals surface area (Å²) in [5, 5.41) is 12.1. The van der Waals surface area contributed by atoms with Crippen molar-refractivity contribution in [2.24, 2.45) is 0 Å². The summed E-state index contributed by atoms with van der Waals surface area (Å²) >= 11 is 0. The summed E-state index contributed by atoms with van der Waals surface area (Å²) in [5.74, 6) is -0.0792. The Hall–Kier alpha value is -2.40. The Morgan fingerprint density at radius 1 is 1.23 bits per heavy atom. The zero-order chi connectivity index (χ0) is 15.8. The van der Waals surface area contributed by atoms with Crippen LogP contribution >= 0.6 is 0 Å². The quantitative estimate of drug-likeness (QED) is 0.771. The van der Waals surface area contributed by atoms with Crippen molar-refractivity contribution in [3.63, 3.8) is 0 Å². The highest BCUT2D eigenvalue weighted by molar-refractivity contribution is 5.99. The van der Waals surface area contributed by atoms with E-state index in [2.05, 4.69) is 10.3 Å². The number of pyridine rings is 1. The van der Waals surface area contributed by atoms with Crippen molar-refractivity contribution in [1.29, 1.82) is 0 Å². The van der Waals surface area contributed by atoms with Crippen LogP contribution in [0.25, 0.3) is 0 Å². The lowest BCUT2D eigenvalue weighted by Gasteiger charge is -2.19. The van der Waals surface area contributed by atoms with Crippen LogP contribution in [0.3, 0.4) is 0 Å². The third kappa shape index (κ3) is 4.30. The van der Waals surface area contributed by atoms with Gasteiger partial charge in [-0.05, 0) is 31.0 Å². The first-order valence-corrected chi connectivity index (χ1v) is 7.35. The third-order valence-electron chi connectivity index (χ3n) is 3.35. The van der Waals surface area contributed by atoms with Gasteiger partial charge in [-0.3, -0.25) is 9.78 Å². The van der Waals surface area contributed by atoms with Crippen molar-refractivity contribution in [2.75, 3.05) is 25.5 Å². The number of hydrogen-bond donors (Lipinski definition) is 2. The highest BCUT2D eigenvalue weighted by Gasteiger charge is 2.15.